The number of nitrogens with one attached hydrogen (secondary N) is 1. The fraction of sp³-hybridized carbons (Fsp3) is 0.211. The van der Waals surface area contributed by atoms with Crippen LogP contribution < -0.4 is 5.69 Å². The molecule has 0 fully saturated rings. The zero-order valence-corrected chi connectivity index (χ0v) is 15.1. The van der Waals surface area contributed by atoms with E-state index in [2.05, 4.69) is 31.1 Å². The van der Waals surface area contributed by atoms with Gasteiger partial charge in [0.05, 0.1) is 28.6 Å². The van der Waals surface area contributed by atoms with Crippen molar-refractivity contribution in [1.82, 2.24) is 39.3 Å². The summed E-state index contributed by atoms with van der Waals surface area (Å²) in [6.07, 6.45) is 2.46. The SMILES string of the molecule is O=c1[nH]c2ccccc2n1Cc1nc2ccccc2n1CCCn1cnnn1. The largest absolute Gasteiger partial charge is 0.326 e. The maximum atomic E-state index is 12.5. The van der Waals surface area contributed by atoms with Crippen LogP contribution in [-0.4, -0.2) is 39.3 Å². The fourth-order valence-electron chi connectivity index (χ4n) is 3.57. The molecule has 2 aromatic carbocycles. The first-order valence-electron chi connectivity index (χ1n) is 9.12. The van der Waals surface area contributed by atoms with Crippen LogP contribution in [0, 0.1) is 0 Å². The molecule has 0 saturated carbocycles. The number of nitrogens with zero attached hydrogens (tertiary/aromatic N) is 7. The van der Waals surface area contributed by atoms with Crippen LogP contribution in [0.1, 0.15) is 12.2 Å². The molecule has 9 heteroatoms. The third kappa shape index (κ3) is 2.86. The molecule has 0 aliphatic rings. The van der Waals surface area contributed by atoms with Crippen LogP contribution in [0.2, 0.25) is 0 Å². The molecule has 3 aromatic heterocycles. The molecule has 0 aliphatic carbocycles. The summed E-state index contributed by atoms with van der Waals surface area (Å²) in [6, 6.07) is 15.7. The number of rotatable bonds is 6. The number of hydrogen-bond donors (Lipinski definition) is 1. The molecule has 5 rings (SSSR count). The predicted molar refractivity (Wildman–Crippen MR) is 104 cm³/mol. The van der Waals surface area contributed by atoms with Crippen LogP contribution in [0.5, 0.6) is 0 Å². The maximum Gasteiger partial charge on any atom is 0.326 e. The first kappa shape index (κ1) is 16.4. The van der Waals surface area contributed by atoms with E-state index in [0.717, 1.165) is 40.9 Å². The van der Waals surface area contributed by atoms with Gasteiger partial charge in [-0.3, -0.25) is 4.57 Å². The van der Waals surface area contributed by atoms with Crippen LogP contribution in [0.25, 0.3) is 22.1 Å². The van der Waals surface area contributed by atoms with E-state index < -0.39 is 0 Å². The van der Waals surface area contributed by atoms with Crippen LogP contribution in [-0.2, 0) is 19.6 Å². The van der Waals surface area contributed by atoms with Gasteiger partial charge in [0.1, 0.15) is 12.2 Å². The second-order valence-electron chi connectivity index (χ2n) is 6.63. The summed E-state index contributed by atoms with van der Waals surface area (Å²) in [4.78, 5) is 20.2. The first-order valence-corrected chi connectivity index (χ1v) is 9.12. The minimum Gasteiger partial charge on any atom is -0.326 e. The van der Waals surface area contributed by atoms with E-state index in [-0.39, 0.29) is 5.69 Å². The van der Waals surface area contributed by atoms with Crippen molar-refractivity contribution in [2.24, 2.45) is 0 Å². The van der Waals surface area contributed by atoms with Crippen molar-refractivity contribution in [3.63, 3.8) is 0 Å². The highest BCUT2D eigenvalue weighted by atomic mass is 16.1. The molecule has 9 nitrogen and oxygen atoms in total. The number of para-hydroxylation sites is 4. The molecule has 0 aliphatic heterocycles. The van der Waals surface area contributed by atoms with Gasteiger partial charge in [-0.2, -0.15) is 0 Å². The Kier molecular flexibility index (Phi) is 3.97. The molecule has 0 atom stereocenters. The van der Waals surface area contributed by atoms with Gasteiger partial charge in [-0.25, -0.2) is 14.5 Å². The molecule has 0 spiro atoms. The van der Waals surface area contributed by atoms with E-state index in [1.54, 1.807) is 15.6 Å². The summed E-state index contributed by atoms with van der Waals surface area (Å²) in [6.45, 7) is 1.88. The van der Waals surface area contributed by atoms with Crippen molar-refractivity contribution in [3.05, 3.63) is 71.2 Å². The molecular weight excluding hydrogens is 356 g/mol. The van der Waals surface area contributed by atoms with E-state index in [0.29, 0.717) is 13.1 Å². The van der Waals surface area contributed by atoms with Gasteiger partial charge in [-0.15, -0.1) is 5.10 Å². The predicted octanol–water partition coefficient (Wildman–Crippen LogP) is 1.80. The summed E-state index contributed by atoms with van der Waals surface area (Å²) >= 11 is 0. The Hall–Kier alpha value is -3.75. The highest BCUT2D eigenvalue weighted by Crippen LogP contribution is 2.19. The lowest BCUT2D eigenvalue weighted by Crippen LogP contribution is -2.20. The average molecular weight is 374 g/mol. The number of tetrazole rings is 1. The molecule has 1 N–H and O–H groups in total. The van der Waals surface area contributed by atoms with Gasteiger partial charge in [0.15, 0.2) is 0 Å². The van der Waals surface area contributed by atoms with Crippen LogP contribution in [0.3, 0.4) is 0 Å². The summed E-state index contributed by atoms with van der Waals surface area (Å²) in [5.74, 6) is 0.852. The standard InChI is InChI=1S/C19H18N8O/c28-19-22-15-7-2-4-9-17(15)27(19)12-18-21-14-6-1-3-8-16(14)26(18)11-5-10-25-13-20-23-24-25/h1-4,6-9,13H,5,10-12H2,(H,22,28). The molecule has 140 valence electrons. The fourth-order valence-corrected chi connectivity index (χ4v) is 3.57. The van der Waals surface area contributed by atoms with E-state index in [1.165, 1.54) is 0 Å². The van der Waals surface area contributed by atoms with Gasteiger partial charge < -0.3 is 9.55 Å². The van der Waals surface area contributed by atoms with Gasteiger partial charge >= 0.3 is 5.69 Å². The number of H-pyrrole nitrogens is 1. The Balaban J connectivity index is 1.51. The second kappa shape index (κ2) is 6.76. The maximum absolute atomic E-state index is 12.5. The summed E-state index contributed by atoms with van der Waals surface area (Å²) < 4.78 is 5.62. The van der Waals surface area contributed by atoms with E-state index in [4.69, 9.17) is 4.98 Å². The Labute approximate surface area is 159 Å². The molecular formula is C19H18N8O. The molecule has 28 heavy (non-hydrogen) atoms. The summed E-state index contributed by atoms with van der Waals surface area (Å²) in [5, 5.41) is 11.2. The van der Waals surface area contributed by atoms with Crippen molar-refractivity contribution in [3.8, 4) is 0 Å². The normalized spacial score (nSPS) is 11.6. The lowest BCUT2D eigenvalue weighted by atomic mass is 10.3. The van der Waals surface area contributed by atoms with Crippen molar-refractivity contribution < 1.29 is 0 Å². The minimum atomic E-state index is -0.131. The topological polar surface area (TPSA) is 99.2 Å². The van der Waals surface area contributed by atoms with Gasteiger partial charge in [-0.05, 0) is 41.1 Å². The van der Waals surface area contributed by atoms with Gasteiger partial charge in [-0.1, -0.05) is 24.3 Å². The lowest BCUT2D eigenvalue weighted by molar-refractivity contribution is 0.508. The van der Waals surface area contributed by atoms with Crippen molar-refractivity contribution in [2.45, 2.75) is 26.1 Å². The highest BCUT2D eigenvalue weighted by molar-refractivity contribution is 5.77. The van der Waals surface area contributed by atoms with Gasteiger partial charge in [0.25, 0.3) is 0 Å². The molecule has 0 saturated heterocycles. The van der Waals surface area contributed by atoms with Gasteiger partial charge in [0.2, 0.25) is 0 Å². The number of aryl methyl sites for hydroxylation is 2. The first-order chi connectivity index (χ1) is 13.8. The van der Waals surface area contributed by atoms with Crippen LogP contribution in [0.15, 0.2) is 59.7 Å². The smallest absolute Gasteiger partial charge is 0.326 e. The van der Waals surface area contributed by atoms with E-state index >= 15 is 0 Å². The molecule has 0 unspecified atom stereocenters. The van der Waals surface area contributed by atoms with Crippen LogP contribution in [0.4, 0.5) is 0 Å². The third-order valence-electron chi connectivity index (χ3n) is 4.88. The molecule has 0 radical (unpaired) electrons. The molecule has 3 heterocycles. The number of imidazole rings is 2. The third-order valence-corrected chi connectivity index (χ3v) is 4.88. The van der Waals surface area contributed by atoms with E-state index in [1.807, 2.05) is 42.5 Å². The number of aromatic nitrogens is 8. The Morgan fingerprint density at radius 3 is 2.61 bits per heavy atom. The zero-order valence-electron chi connectivity index (χ0n) is 15.1. The van der Waals surface area contributed by atoms with E-state index in [9.17, 15) is 4.79 Å². The Bertz CT molecular complexity index is 1290. The van der Waals surface area contributed by atoms with Crippen molar-refractivity contribution >= 4 is 22.1 Å². The number of aromatic amines is 1. The minimum absolute atomic E-state index is 0.131. The molecule has 0 amide bonds. The zero-order chi connectivity index (χ0) is 18.9. The summed E-state index contributed by atoms with van der Waals surface area (Å²) in [7, 11) is 0. The van der Waals surface area contributed by atoms with Crippen molar-refractivity contribution in [1.29, 1.82) is 0 Å². The Morgan fingerprint density at radius 2 is 1.75 bits per heavy atom. The van der Waals surface area contributed by atoms with Crippen LogP contribution >= 0.6 is 0 Å². The average Bonchev–Trinajstić information content (AvgIpc) is 3.42. The monoisotopic (exact) mass is 374 g/mol. The molecule has 0 bridgehead atoms. The quantitative estimate of drug-likeness (QED) is 0.489. The van der Waals surface area contributed by atoms with Crippen molar-refractivity contribution in [2.75, 3.05) is 0 Å². The Morgan fingerprint density at radius 1 is 0.929 bits per heavy atom. The number of benzene rings is 2. The second-order valence-corrected chi connectivity index (χ2v) is 6.63. The number of hydrogen-bond acceptors (Lipinski definition) is 5. The lowest BCUT2D eigenvalue weighted by Gasteiger charge is -2.10. The van der Waals surface area contributed by atoms with Gasteiger partial charge in [0, 0.05) is 13.1 Å². The highest BCUT2D eigenvalue weighted by Gasteiger charge is 2.14. The summed E-state index contributed by atoms with van der Waals surface area (Å²) in [5.41, 5.74) is 3.55. The number of fused-ring (bicyclic) bond motifs is 2. The molecule has 5 aromatic rings.